The van der Waals surface area contributed by atoms with Crippen molar-refractivity contribution in [1.29, 1.82) is 0 Å². The zero-order valence-electron chi connectivity index (χ0n) is 9.13. The van der Waals surface area contributed by atoms with Gasteiger partial charge in [-0.1, -0.05) is 0 Å². The molecule has 3 nitrogen and oxygen atoms in total. The Kier molecular flexibility index (Phi) is 3.19. The molecule has 1 saturated carbocycles. The molecule has 0 saturated heterocycles. The lowest BCUT2D eigenvalue weighted by atomic mass is 10.1. The van der Waals surface area contributed by atoms with Crippen molar-refractivity contribution < 1.29 is 13.9 Å². The van der Waals surface area contributed by atoms with Crippen LogP contribution in [0.3, 0.4) is 0 Å². The molecule has 0 bridgehead atoms. The predicted octanol–water partition coefficient (Wildman–Crippen LogP) is 1.77. The third kappa shape index (κ3) is 2.58. The highest BCUT2D eigenvalue weighted by Gasteiger charge is 2.25. The molecule has 1 aromatic rings. The van der Waals surface area contributed by atoms with Gasteiger partial charge in [-0.2, -0.15) is 0 Å². The number of ether oxygens (including phenoxy) is 1. The standard InChI is InChI=1S/C12H14FNO2/c1-14-7-11(15)10-6-8(13)2-5-12(10)16-9-3-4-9/h2,5-6,9,14H,3-4,7H2,1H3. The van der Waals surface area contributed by atoms with E-state index < -0.39 is 5.82 Å². The fraction of sp³-hybridized carbons (Fsp3) is 0.417. The average Bonchev–Trinajstić information content (AvgIpc) is 3.05. The summed E-state index contributed by atoms with van der Waals surface area (Å²) in [6.07, 6.45) is 2.22. The molecule has 0 aliphatic heterocycles. The van der Waals surface area contributed by atoms with Crippen molar-refractivity contribution in [2.75, 3.05) is 13.6 Å². The summed E-state index contributed by atoms with van der Waals surface area (Å²) >= 11 is 0. The molecule has 1 aliphatic rings. The third-order valence-corrected chi connectivity index (χ3v) is 2.40. The van der Waals surface area contributed by atoms with E-state index in [-0.39, 0.29) is 18.4 Å². The van der Waals surface area contributed by atoms with Crippen LogP contribution in [0.15, 0.2) is 18.2 Å². The van der Waals surface area contributed by atoms with Gasteiger partial charge in [0.2, 0.25) is 0 Å². The summed E-state index contributed by atoms with van der Waals surface area (Å²) < 4.78 is 18.6. The molecule has 16 heavy (non-hydrogen) atoms. The molecule has 0 amide bonds. The first-order valence-corrected chi connectivity index (χ1v) is 5.34. The van der Waals surface area contributed by atoms with Gasteiger partial charge in [-0.15, -0.1) is 0 Å². The van der Waals surface area contributed by atoms with Crippen LogP contribution in [-0.2, 0) is 0 Å². The lowest BCUT2D eigenvalue weighted by Gasteiger charge is -2.09. The van der Waals surface area contributed by atoms with Gasteiger partial charge >= 0.3 is 0 Å². The summed E-state index contributed by atoms with van der Waals surface area (Å²) in [6.45, 7) is 0.185. The molecular formula is C12H14FNO2. The van der Waals surface area contributed by atoms with E-state index in [1.54, 1.807) is 7.05 Å². The number of carbonyl (C=O) groups is 1. The van der Waals surface area contributed by atoms with Crippen LogP contribution in [0, 0.1) is 5.82 Å². The van der Waals surface area contributed by atoms with Gasteiger partial charge < -0.3 is 10.1 Å². The van der Waals surface area contributed by atoms with Crippen LogP contribution >= 0.6 is 0 Å². The van der Waals surface area contributed by atoms with E-state index in [9.17, 15) is 9.18 Å². The molecule has 4 heteroatoms. The highest BCUT2D eigenvalue weighted by atomic mass is 19.1. The van der Waals surface area contributed by atoms with E-state index in [1.165, 1.54) is 18.2 Å². The number of likely N-dealkylation sites (N-methyl/N-ethyl adjacent to an activating group) is 1. The maximum Gasteiger partial charge on any atom is 0.180 e. The van der Waals surface area contributed by atoms with Gasteiger partial charge in [0.1, 0.15) is 11.6 Å². The van der Waals surface area contributed by atoms with Gasteiger partial charge in [0.05, 0.1) is 18.2 Å². The van der Waals surface area contributed by atoms with Gasteiger partial charge in [-0.05, 0) is 38.1 Å². The molecule has 1 aromatic carbocycles. The van der Waals surface area contributed by atoms with Crippen molar-refractivity contribution in [3.8, 4) is 5.75 Å². The second-order valence-corrected chi connectivity index (χ2v) is 3.91. The first-order valence-electron chi connectivity index (χ1n) is 5.34. The number of carbonyl (C=O) groups excluding carboxylic acids is 1. The Morgan fingerprint density at radius 3 is 2.94 bits per heavy atom. The van der Waals surface area contributed by atoms with E-state index >= 15 is 0 Å². The molecule has 2 rings (SSSR count). The van der Waals surface area contributed by atoms with Crippen LogP contribution in [-0.4, -0.2) is 25.5 Å². The fourth-order valence-electron chi connectivity index (χ4n) is 1.44. The highest BCUT2D eigenvalue weighted by molar-refractivity contribution is 6.00. The maximum absolute atomic E-state index is 13.1. The zero-order valence-corrected chi connectivity index (χ0v) is 9.13. The summed E-state index contributed by atoms with van der Waals surface area (Å²) in [7, 11) is 1.68. The van der Waals surface area contributed by atoms with Gasteiger partial charge in [0.15, 0.2) is 5.78 Å². The second kappa shape index (κ2) is 4.61. The lowest BCUT2D eigenvalue weighted by Crippen LogP contribution is -2.19. The largest absolute Gasteiger partial charge is 0.490 e. The van der Waals surface area contributed by atoms with Gasteiger partial charge in [0.25, 0.3) is 0 Å². The molecule has 0 unspecified atom stereocenters. The number of rotatable bonds is 5. The number of hydrogen-bond acceptors (Lipinski definition) is 3. The number of nitrogens with one attached hydrogen (secondary N) is 1. The Bertz CT molecular complexity index is 402. The topological polar surface area (TPSA) is 38.3 Å². The summed E-state index contributed by atoms with van der Waals surface area (Å²) in [5, 5.41) is 2.75. The first-order chi connectivity index (χ1) is 7.70. The summed E-state index contributed by atoms with van der Waals surface area (Å²) in [4.78, 5) is 11.7. The van der Waals surface area contributed by atoms with Crippen molar-refractivity contribution in [2.45, 2.75) is 18.9 Å². The smallest absolute Gasteiger partial charge is 0.180 e. The Morgan fingerprint density at radius 1 is 1.56 bits per heavy atom. The summed E-state index contributed by atoms with van der Waals surface area (Å²) in [6, 6.07) is 4.07. The van der Waals surface area contributed by atoms with Crippen molar-refractivity contribution >= 4 is 5.78 Å². The minimum absolute atomic E-state index is 0.155. The Balaban J connectivity index is 2.23. The average molecular weight is 223 g/mol. The van der Waals surface area contributed by atoms with Crippen LogP contribution in [0.25, 0.3) is 0 Å². The molecule has 1 fully saturated rings. The van der Waals surface area contributed by atoms with Crippen molar-refractivity contribution in [1.82, 2.24) is 5.32 Å². The van der Waals surface area contributed by atoms with E-state index in [1.807, 2.05) is 0 Å². The lowest BCUT2D eigenvalue weighted by molar-refractivity contribution is 0.0989. The molecule has 0 heterocycles. The molecule has 1 N–H and O–H groups in total. The number of benzene rings is 1. The van der Waals surface area contributed by atoms with Crippen LogP contribution in [0.2, 0.25) is 0 Å². The fourth-order valence-corrected chi connectivity index (χ4v) is 1.44. The van der Waals surface area contributed by atoms with E-state index in [0.717, 1.165) is 12.8 Å². The Morgan fingerprint density at radius 2 is 2.31 bits per heavy atom. The molecule has 0 spiro atoms. The number of Topliss-reactive ketones (excluding diaryl/α,β-unsaturated/α-hetero) is 1. The molecule has 1 aliphatic carbocycles. The van der Waals surface area contributed by atoms with E-state index in [2.05, 4.69) is 5.32 Å². The molecule has 0 radical (unpaired) electrons. The predicted molar refractivity (Wildman–Crippen MR) is 58.3 cm³/mol. The molecule has 86 valence electrons. The van der Waals surface area contributed by atoms with Crippen LogP contribution < -0.4 is 10.1 Å². The second-order valence-electron chi connectivity index (χ2n) is 3.91. The minimum atomic E-state index is -0.414. The number of halogens is 1. The molecule has 0 atom stereocenters. The monoisotopic (exact) mass is 223 g/mol. The summed E-state index contributed by atoms with van der Waals surface area (Å²) in [5.41, 5.74) is 0.321. The Hall–Kier alpha value is -1.42. The quantitative estimate of drug-likeness (QED) is 0.773. The van der Waals surface area contributed by atoms with Gasteiger partial charge in [0, 0.05) is 0 Å². The van der Waals surface area contributed by atoms with Crippen molar-refractivity contribution in [2.24, 2.45) is 0 Å². The van der Waals surface area contributed by atoms with Crippen LogP contribution in [0.1, 0.15) is 23.2 Å². The number of ketones is 1. The van der Waals surface area contributed by atoms with Gasteiger partial charge in [-0.3, -0.25) is 4.79 Å². The van der Waals surface area contributed by atoms with Crippen molar-refractivity contribution in [3.05, 3.63) is 29.6 Å². The first kappa shape index (κ1) is 11.1. The highest BCUT2D eigenvalue weighted by Crippen LogP contribution is 2.29. The molecular weight excluding hydrogens is 209 g/mol. The number of hydrogen-bond donors (Lipinski definition) is 1. The van der Waals surface area contributed by atoms with Crippen molar-refractivity contribution in [3.63, 3.8) is 0 Å². The molecule has 0 aromatic heterocycles. The van der Waals surface area contributed by atoms with E-state index in [0.29, 0.717) is 11.3 Å². The van der Waals surface area contributed by atoms with Crippen LogP contribution in [0.4, 0.5) is 4.39 Å². The normalized spacial score (nSPS) is 14.9. The third-order valence-electron chi connectivity index (χ3n) is 2.40. The van der Waals surface area contributed by atoms with E-state index in [4.69, 9.17) is 4.74 Å². The SMILES string of the molecule is CNCC(=O)c1cc(F)ccc1OC1CC1. The van der Waals surface area contributed by atoms with Gasteiger partial charge in [-0.25, -0.2) is 4.39 Å². The van der Waals surface area contributed by atoms with Crippen LogP contribution in [0.5, 0.6) is 5.75 Å². The minimum Gasteiger partial charge on any atom is -0.490 e. The zero-order chi connectivity index (χ0) is 11.5. The maximum atomic E-state index is 13.1. The Labute approximate surface area is 93.6 Å². The summed E-state index contributed by atoms with van der Waals surface area (Å²) in [5.74, 6) is -0.0793.